The Balaban J connectivity index is 0.00000210. The number of para-hydroxylation sites is 2. The van der Waals surface area contributed by atoms with Crippen molar-refractivity contribution in [2.45, 2.75) is 25.7 Å². The van der Waals surface area contributed by atoms with Crippen molar-refractivity contribution in [3.63, 3.8) is 0 Å². The SMILES string of the molecule is Cl.Cl.c1ccc(COc2ccccc2OC(CCN2CCN(Cc3ccccc3)CC2)c2ccccc2)cc1. The van der Waals surface area contributed by atoms with Crippen LogP contribution in [-0.2, 0) is 13.2 Å². The Hall–Kier alpha value is -3.02. The molecule has 1 fully saturated rings. The first kappa shape index (κ1) is 30.5. The molecule has 0 aliphatic carbocycles. The van der Waals surface area contributed by atoms with E-state index < -0.39 is 0 Å². The van der Waals surface area contributed by atoms with Crippen LogP contribution in [0.2, 0.25) is 0 Å². The van der Waals surface area contributed by atoms with Crippen molar-refractivity contribution in [3.05, 3.63) is 132 Å². The second kappa shape index (κ2) is 16.2. The van der Waals surface area contributed by atoms with Crippen molar-refractivity contribution in [1.82, 2.24) is 9.80 Å². The van der Waals surface area contributed by atoms with Crippen LogP contribution in [0, 0.1) is 0 Å². The molecule has 206 valence electrons. The summed E-state index contributed by atoms with van der Waals surface area (Å²) in [6, 6.07) is 39.6. The number of nitrogens with zero attached hydrogens (tertiary/aromatic N) is 2. The first-order valence-electron chi connectivity index (χ1n) is 13.3. The fourth-order valence-corrected chi connectivity index (χ4v) is 4.83. The summed E-state index contributed by atoms with van der Waals surface area (Å²) in [5.74, 6) is 1.57. The van der Waals surface area contributed by atoms with E-state index in [1.54, 1.807) is 0 Å². The van der Waals surface area contributed by atoms with E-state index in [2.05, 4.69) is 82.6 Å². The lowest BCUT2D eigenvalue weighted by Gasteiger charge is -2.35. The summed E-state index contributed by atoms with van der Waals surface area (Å²) in [6.07, 6.45) is 0.889. The van der Waals surface area contributed by atoms with Crippen LogP contribution in [0.5, 0.6) is 11.5 Å². The molecule has 1 unspecified atom stereocenters. The number of benzene rings is 4. The summed E-state index contributed by atoms with van der Waals surface area (Å²) >= 11 is 0. The Morgan fingerprint density at radius 2 is 1.08 bits per heavy atom. The first-order valence-corrected chi connectivity index (χ1v) is 13.3. The van der Waals surface area contributed by atoms with Gasteiger partial charge in [-0.25, -0.2) is 0 Å². The van der Waals surface area contributed by atoms with Gasteiger partial charge in [-0.2, -0.15) is 0 Å². The normalized spacial score (nSPS) is 14.5. The van der Waals surface area contributed by atoms with Crippen LogP contribution in [0.4, 0.5) is 0 Å². The quantitative estimate of drug-likeness (QED) is 0.189. The van der Waals surface area contributed by atoms with E-state index in [0.29, 0.717) is 6.61 Å². The molecule has 5 rings (SSSR count). The van der Waals surface area contributed by atoms with Crippen LogP contribution in [0.3, 0.4) is 0 Å². The minimum absolute atomic E-state index is 0. The van der Waals surface area contributed by atoms with Gasteiger partial charge in [-0.05, 0) is 28.8 Å². The van der Waals surface area contributed by atoms with E-state index in [9.17, 15) is 0 Å². The van der Waals surface area contributed by atoms with Crippen LogP contribution < -0.4 is 9.47 Å². The molecule has 39 heavy (non-hydrogen) atoms. The Bertz CT molecular complexity index is 1200. The Labute approximate surface area is 245 Å². The number of piperazine rings is 1. The lowest BCUT2D eigenvalue weighted by Crippen LogP contribution is -2.46. The lowest BCUT2D eigenvalue weighted by molar-refractivity contribution is 0.105. The molecule has 0 saturated carbocycles. The van der Waals surface area contributed by atoms with E-state index in [1.807, 2.05) is 42.5 Å². The van der Waals surface area contributed by atoms with Gasteiger partial charge in [0.15, 0.2) is 11.5 Å². The molecular weight excluding hydrogens is 527 g/mol. The largest absolute Gasteiger partial charge is 0.485 e. The minimum Gasteiger partial charge on any atom is -0.485 e. The van der Waals surface area contributed by atoms with E-state index in [0.717, 1.165) is 62.8 Å². The Morgan fingerprint density at radius 3 is 1.72 bits per heavy atom. The van der Waals surface area contributed by atoms with Gasteiger partial charge < -0.3 is 14.4 Å². The van der Waals surface area contributed by atoms with Crippen LogP contribution in [-0.4, -0.2) is 42.5 Å². The van der Waals surface area contributed by atoms with E-state index in [-0.39, 0.29) is 30.9 Å². The van der Waals surface area contributed by atoms with Gasteiger partial charge in [0.2, 0.25) is 0 Å². The van der Waals surface area contributed by atoms with Crippen LogP contribution in [0.25, 0.3) is 0 Å². The maximum absolute atomic E-state index is 6.65. The van der Waals surface area contributed by atoms with Gasteiger partial charge in [-0.3, -0.25) is 4.90 Å². The highest BCUT2D eigenvalue weighted by Crippen LogP contribution is 2.33. The van der Waals surface area contributed by atoms with E-state index >= 15 is 0 Å². The smallest absolute Gasteiger partial charge is 0.162 e. The highest BCUT2D eigenvalue weighted by Gasteiger charge is 2.21. The topological polar surface area (TPSA) is 24.9 Å². The number of halogens is 2. The van der Waals surface area contributed by atoms with Gasteiger partial charge in [-0.15, -0.1) is 24.8 Å². The minimum atomic E-state index is -0.0370. The molecule has 4 aromatic rings. The predicted octanol–water partition coefficient (Wildman–Crippen LogP) is 7.44. The van der Waals surface area contributed by atoms with Gasteiger partial charge in [0.25, 0.3) is 0 Å². The van der Waals surface area contributed by atoms with Crippen LogP contribution in [0.1, 0.15) is 29.2 Å². The summed E-state index contributed by atoms with van der Waals surface area (Å²) in [5.41, 5.74) is 3.73. The van der Waals surface area contributed by atoms with Gasteiger partial charge in [0.1, 0.15) is 12.7 Å². The molecule has 1 saturated heterocycles. The highest BCUT2D eigenvalue weighted by molar-refractivity contribution is 5.85. The van der Waals surface area contributed by atoms with Gasteiger partial charge in [-0.1, -0.05) is 103 Å². The molecule has 1 atom stereocenters. The molecule has 0 N–H and O–H groups in total. The zero-order valence-electron chi connectivity index (χ0n) is 22.2. The number of ether oxygens (including phenoxy) is 2. The zero-order chi connectivity index (χ0) is 25.1. The summed E-state index contributed by atoms with van der Waals surface area (Å²) < 4.78 is 12.8. The lowest BCUT2D eigenvalue weighted by atomic mass is 10.1. The number of hydrogen-bond acceptors (Lipinski definition) is 4. The second-order valence-electron chi connectivity index (χ2n) is 9.63. The van der Waals surface area contributed by atoms with Crippen LogP contribution >= 0.6 is 24.8 Å². The molecule has 1 heterocycles. The number of hydrogen-bond donors (Lipinski definition) is 0. The maximum atomic E-state index is 6.65. The van der Waals surface area contributed by atoms with Crippen molar-refractivity contribution >= 4 is 24.8 Å². The zero-order valence-corrected chi connectivity index (χ0v) is 23.9. The Morgan fingerprint density at radius 1 is 0.564 bits per heavy atom. The van der Waals surface area contributed by atoms with Crippen molar-refractivity contribution in [1.29, 1.82) is 0 Å². The van der Waals surface area contributed by atoms with Gasteiger partial charge >= 0.3 is 0 Å². The summed E-state index contributed by atoms with van der Waals surface area (Å²) in [6.45, 7) is 6.93. The fourth-order valence-electron chi connectivity index (χ4n) is 4.83. The standard InChI is InChI=1S/C33H36N2O2.2ClH/c1-4-12-28(13-5-1)26-35-24-22-34(23-25-35)21-20-31(30-16-8-3-9-17-30)37-33-19-11-10-18-32(33)36-27-29-14-6-2-7-15-29;;/h1-19,31H,20-27H2;2*1H. The summed E-state index contributed by atoms with van der Waals surface area (Å²) in [4.78, 5) is 5.12. The maximum Gasteiger partial charge on any atom is 0.162 e. The van der Waals surface area contributed by atoms with Crippen LogP contribution in [0.15, 0.2) is 115 Å². The Kier molecular flexibility index (Phi) is 12.7. The summed E-state index contributed by atoms with van der Waals surface area (Å²) in [5, 5.41) is 0. The van der Waals surface area contributed by atoms with Crippen molar-refractivity contribution in [2.24, 2.45) is 0 Å². The van der Waals surface area contributed by atoms with E-state index in [4.69, 9.17) is 9.47 Å². The van der Waals surface area contributed by atoms with Gasteiger partial charge in [0.05, 0.1) is 0 Å². The third-order valence-corrected chi connectivity index (χ3v) is 6.95. The fraction of sp³-hybridized carbons (Fsp3) is 0.273. The highest BCUT2D eigenvalue weighted by atomic mass is 35.5. The molecule has 0 radical (unpaired) electrons. The molecule has 6 heteroatoms. The molecule has 4 aromatic carbocycles. The molecule has 0 spiro atoms. The van der Waals surface area contributed by atoms with Crippen molar-refractivity contribution in [2.75, 3.05) is 32.7 Å². The van der Waals surface area contributed by atoms with Crippen molar-refractivity contribution in [3.8, 4) is 11.5 Å². The molecular formula is C33H38Cl2N2O2. The predicted molar refractivity (Wildman–Crippen MR) is 164 cm³/mol. The molecule has 1 aliphatic heterocycles. The molecule has 1 aliphatic rings. The third kappa shape index (κ3) is 9.29. The average Bonchev–Trinajstić information content (AvgIpc) is 2.97. The summed E-state index contributed by atoms with van der Waals surface area (Å²) in [7, 11) is 0. The number of rotatable bonds is 11. The molecule has 0 aromatic heterocycles. The first-order chi connectivity index (χ1) is 18.3. The average molecular weight is 566 g/mol. The van der Waals surface area contributed by atoms with Gasteiger partial charge in [0, 0.05) is 45.7 Å². The monoisotopic (exact) mass is 564 g/mol. The van der Waals surface area contributed by atoms with Crippen molar-refractivity contribution < 1.29 is 9.47 Å². The molecule has 0 amide bonds. The third-order valence-electron chi connectivity index (χ3n) is 6.95. The molecule has 0 bridgehead atoms. The second-order valence-corrected chi connectivity index (χ2v) is 9.63. The molecule has 4 nitrogen and oxygen atoms in total. The van der Waals surface area contributed by atoms with E-state index in [1.165, 1.54) is 11.1 Å².